The Hall–Kier alpha value is -3.07. The molecule has 7 nitrogen and oxygen atoms in total. The van der Waals surface area contributed by atoms with Crippen LogP contribution >= 0.6 is 23.2 Å². The van der Waals surface area contributed by atoms with Gasteiger partial charge in [-0.3, -0.25) is 13.9 Å². The van der Waals surface area contributed by atoms with Gasteiger partial charge in [-0.2, -0.15) is 0 Å². The van der Waals surface area contributed by atoms with Gasteiger partial charge in [-0.15, -0.1) is 0 Å². The van der Waals surface area contributed by atoms with Gasteiger partial charge in [-0.05, 0) is 81.6 Å². The van der Waals surface area contributed by atoms with Crippen molar-refractivity contribution in [3.63, 3.8) is 0 Å². The number of hydrogen-bond acceptors (Lipinski definition) is 4. The number of sulfonamides is 1. The van der Waals surface area contributed by atoms with Gasteiger partial charge >= 0.3 is 0 Å². The molecule has 0 aromatic heterocycles. The van der Waals surface area contributed by atoms with Crippen LogP contribution < -0.4 is 9.62 Å². The van der Waals surface area contributed by atoms with E-state index in [1.807, 2.05) is 33.8 Å². The summed E-state index contributed by atoms with van der Waals surface area (Å²) in [5, 5.41) is 3.59. The van der Waals surface area contributed by atoms with Crippen molar-refractivity contribution >= 4 is 50.7 Å². The van der Waals surface area contributed by atoms with Crippen LogP contribution in [0.1, 0.15) is 37.5 Å². The number of rotatable bonds is 10. The van der Waals surface area contributed by atoms with E-state index in [0.29, 0.717) is 21.3 Å². The SMILES string of the molecule is Cc1cccc(N(CC(=O)N(Cc2ccc(Cl)cc2Cl)[C@H](C)C(=O)NC(C)C)S(=O)(=O)c2ccccc2)c1C. The molecule has 0 saturated carbocycles. The average Bonchev–Trinajstić information content (AvgIpc) is 2.88. The molecule has 3 aromatic carbocycles. The molecule has 0 unspecified atom stereocenters. The van der Waals surface area contributed by atoms with Gasteiger partial charge in [0.15, 0.2) is 0 Å². The first-order chi connectivity index (χ1) is 18.3. The Kier molecular flexibility index (Phi) is 10.0. The van der Waals surface area contributed by atoms with E-state index in [1.54, 1.807) is 55.5 Å². The molecule has 0 aliphatic heterocycles. The van der Waals surface area contributed by atoms with Crippen LogP contribution in [0.5, 0.6) is 0 Å². The minimum absolute atomic E-state index is 0.0203. The molecule has 0 heterocycles. The zero-order valence-corrected chi connectivity index (χ0v) is 24.9. The van der Waals surface area contributed by atoms with Crippen LogP contribution in [0.2, 0.25) is 10.0 Å². The van der Waals surface area contributed by atoms with Crippen molar-refractivity contribution in [3.8, 4) is 0 Å². The molecule has 208 valence electrons. The van der Waals surface area contributed by atoms with Crippen molar-refractivity contribution in [2.45, 2.75) is 58.1 Å². The van der Waals surface area contributed by atoms with Gasteiger partial charge in [0.2, 0.25) is 11.8 Å². The summed E-state index contributed by atoms with van der Waals surface area (Å²) in [5.74, 6) is -0.930. The molecule has 0 fully saturated rings. The van der Waals surface area contributed by atoms with E-state index in [0.717, 1.165) is 15.4 Å². The summed E-state index contributed by atoms with van der Waals surface area (Å²) in [7, 11) is -4.13. The van der Waals surface area contributed by atoms with Gasteiger partial charge in [0, 0.05) is 22.6 Å². The monoisotopic (exact) mass is 589 g/mol. The van der Waals surface area contributed by atoms with Crippen molar-refractivity contribution in [2.24, 2.45) is 0 Å². The molecule has 0 aliphatic carbocycles. The molecule has 0 bridgehead atoms. The third-order valence-corrected chi connectivity index (χ3v) is 8.77. The number of benzene rings is 3. The lowest BCUT2D eigenvalue weighted by Gasteiger charge is -2.33. The summed E-state index contributed by atoms with van der Waals surface area (Å²) in [6.07, 6.45) is 0. The maximum Gasteiger partial charge on any atom is 0.264 e. The smallest absolute Gasteiger partial charge is 0.264 e. The summed E-state index contributed by atoms with van der Waals surface area (Å²) < 4.78 is 28.9. The average molecular weight is 591 g/mol. The topological polar surface area (TPSA) is 86.8 Å². The summed E-state index contributed by atoms with van der Waals surface area (Å²) in [4.78, 5) is 28.4. The number of carbonyl (C=O) groups excluding carboxylic acids is 2. The first kappa shape index (κ1) is 30.5. The molecule has 2 amide bonds. The molecule has 0 saturated heterocycles. The molecule has 1 atom stereocenters. The first-order valence-corrected chi connectivity index (χ1v) is 14.7. The third kappa shape index (κ3) is 7.32. The fraction of sp³-hybridized carbons (Fsp3) is 0.310. The number of hydrogen-bond donors (Lipinski definition) is 1. The fourth-order valence-electron chi connectivity index (χ4n) is 4.06. The molecule has 1 N–H and O–H groups in total. The van der Waals surface area contributed by atoms with Crippen LogP contribution in [0.4, 0.5) is 5.69 Å². The van der Waals surface area contributed by atoms with E-state index < -0.39 is 28.5 Å². The molecule has 0 radical (unpaired) electrons. The van der Waals surface area contributed by atoms with E-state index in [1.165, 1.54) is 17.0 Å². The molecule has 0 spiro atoms. The van der Waals surface area contributed by atoms with Gasteiger partial charge in [-0.1, -0.05) is 59.6 Å². The lowest BCUT2D eigenvalue weighted by molar-refractivity contribution is -0.139. The molecule has 3 aromatic rings. The number of carbonyl (C=O) groups is 2. The standard InChI is InChI=1S/C29H33Cl2N3O4S/c1-19(2)32-29(36)22(5)33(17-23-14-15-24(30)16-26(23)31)28(35)18-34(27-13-9-10-20(3)21(27)4)39(37,38)25-11-7-6-8-12-25/h6-16,19,22H,17-18H2,1-5H3,(H,32,36)/t22-/m1/s1. The first-order valence-electron chi connectivity index (χ1n) is 12.5. The number of nitrogens with zero attached hydrogens (tertiary/aromatic N) is 2. The van der Waals surface area contributed by atoms with E-state index in [-0.39, 0.29) is 23.4 Å². The van der Waals surface area contributed by atoms with E-state index >= 15 is 0 Å². The van der Waals surface area contributed by atoms with E-state index in [2.05, 4.69) is 5.32 Å². The molecular formula is C29H33Cl2N3O4S. The van der Waals surface area contributed by atoms with Crippen molar-refractivity contribution in [3.05, 3.63) is 93.5 Å². The van der Waals surface area contributed by atoms with Gasteiger partial charge in [0.05, 0.1) is 10.6 Å². The Morgan fingerprint density at radius 2 is 1.59 bits per heavy atom. The van der Waals surface area contributed by atoms with Crippen molar-refractivity contribution in [1.29, 1.82) is 0 Å². The maximum atomic E-state index is 14.0. The fourth-order valence-corrected chi connectivity index (χ4v) is 6.02. The molecule has 0 aliphatic rings. The molecule has 10 heteroatoms. The maximum absolute atomic E-state index is 14.0. The zero-order chi connectivity index (χ0) is 28.9. The highest BCUT2D eigenvalue weighted by Crippen LogP contribution is 2.29. The van der Waals surface area contributed by atoms with E-state index in [9.17, 15) is 18.0 Å². The predicted octanol–water partition coefficient (Wildman–Crippen LogP) is 5.75. The molecule has 3 rings (SSSR count). The summed E-state index contributed by atoms with van der Waals surface area (Å²) in [5.41, 5.74) is 2.56. The van der Waals surface area contributed by atoms with Crippen LogP contribution in [0.15, 0.2) is 71.6 Å². The van der Waals surface area contributed by atoms with Gasteiger partial charge in [0.1, 0.15) is 12.6 Å². The van der Waals surface area contributed by atoms with Crippen LogP contribution in [0, 0.1) is 13.8 Å². The number of amides is 2. The van der Waals surface area contributed by atoms with Crippen molar-refractivity contribution in [2.75, 3.05) is 10.8 Å². The Bertz CT molecular complexity index is 1450. The van der Waals surface area contributed by atoms with Crippen LogP contribution in [0.3, 0.4) is 0 Å². The molecule has 39 heavy (non-hydrogen) atoms. The number of anilines is 1. The van der Waals surface area contributed by atoms with Crippen molar-refractivity contribution < 1.29 is 18.0 Å². The quantitative estimate of drug-likeness (QED) is 0.326. The largest absolute Gasteiger partial charge is 0.352 e. The zero-order valence-electron chi connectivity index (χ0n) is 22.6. The number of halogens is 2. The highest BCUT2D eigenvalue weighted by Gasteiger charge is 2.33. The second-order valence-electron chi connectivity index (χ2n) is 9.64. The van der Waals surface area contributed by atoms with Gasteiger partial charge in [0.25, 0.3) is 10.0 Å². The minimum Gasteiger partial charge on any atom is -0.352 e. The van der Waals surface area contributed by atoms with E-state index in [4.69, 9.17) is 23.2 Å². The highest BCUT2D eigenvalue weighted by atomic mass is 35.5. The predicted molar refractivity (Wildman–Crippen MR) is 157 cm³/mol. The van der Waals surface area contributed by atoms with Crippen LogP contribution in [-0.2, 0) is 26.2 Å². The minimum atomic E-state index is -4.13. The third-order valence-electron chi connectivity index (χ3n) is 6.41. The normalized spacial score (nSPS) is 12.2. The lowest BCUT2D eigenvalue weighted by atomic mass is 10.1. The summed E-state index contributed by atoms with van der Waals surface area (Å²) in [6.45, 7) is 8.39. The van der Waals surface area contributed by atoms with Gasteiger partial charge in [-0.25, -0.2) is 8.42 Å². The number of aryl methyl sites for hydroxylation is 1. The Balaban J connectivity index is 2.09. The lowest BCUT2D eigenvalue weighted by Crippen LogP contribution is -2.52. The summed E-state index contributed by atoms with van der Waals surface area (Å²) in [6, 6.07) is 17.1. The Labute approximate surface area is 240 Å². The van der Waals surface area contributed by atoms with Gasteiger partial charge < -0.3 is 10.2 Å². The Morgan fingerprint density at radius 3 is 2.21 bits per heavy atom. The van der Waals surface area contributed by atoms with Crippen molar-refractivity contribution in [1.82, 2.24) is 10.2 Å². The van der Waals surface area contributed by atoms with Crippen LogP contribution in [-0.4, -0.2) is 43.8 Å². The van der Waals surface area contributed by atoms with Crippen LogP contribution in [0.25, 0.3) is 0 Å². The molecular weight excluding hydrogens is 557 g/mol. The Morgan fingerprint density at radius 1 is 0.923 bits per heavy atom. The second kappa shape index (κ2) is 12.9. The number of nitrogens with one attached hydrogen (secondary N) is 1. The summed E-state index contributed by atoms with van der Waals surface area (Å²) >= 11 is 12.5. The second-order valence-corrected chi connectivity index (χ2v) is 12.3. The highest BCUT2D eigenvalue weighted by molar-refractivity contribution is 7.92.